The fourth-order valence-electron chi connectivity index (χ4n) is 4.01. The number of Topliss-reactive ketones (excluding diaryl/α,β-unsaturated/α-hetero) is 1. The van der Waals surface area contributed by atoms with Gasteiger partial charge in [0.1, 0.15) is 11.5 Å². The van der Waals surface area contributed by atoms with Crippen LogP contribution in [0.5, 0.6) is 11.5 Å². The van der Waals surface area contributed by atoms with Gasteiger partial charge in [0, 0.05) is 33.3 Å². The molecule has 0 spiro atoms. The number of thiophene rings is 1. The number of ketones is 1. The second kappa shape index (κ2) is 8.00. The molecule has 0 fully saturated rings. The molecule has 4 aromatic rings. The SMILES string of the molecule is COc1ccc(OC)c(CC(=O)c2cc3c(c(-c4cc5ccccc5s4)c2)CN=C3)c1. The van der Waals surface area contributed by atoms with Gasteiger partial charge in [0.15, 0.2) is 5.78 Å². The number of hydrogen-bond acceptors (Lipinski definition) is 5. The minimum atomic E-state index is 0.0389. The summed E-state index contributed by atoms with van der Waals surface area (Å²) in [6, 6.07) is 20.1. The highest BCUT2D eigenvalue weighted by Gasteiger charge is 2.20. The fourth-order valence-corrected chi connectivity index (χ4v) is 5.12. The lowest BCUT2D eigenvalue weighted by Crippen LogP contribution is -2.07. The number of carbonyl (C=O) groups is 1. The smallest absolute Gasteiger partial charge is 0.167 e. The lowest BCUT2D eigenvalue weighted by atomic mass is 9.94. The first-order valence-corrected chi connectivity index (χ1v) is 10.9. The lowest BCUT2D eigenvalue weighted by molar-refractivity contribution is 0.0992. The van der Waals surface area contributed by atoms with Crippen molar-refractivity contribution < 1.29 is 14.3 Å². The Kier molecular flexibility index (Phi) is 5.04. The zero-order valence-corrected chi connectivity index (χ0v) is 18.2. The largest absolute Gasteiger partial charge is 0.497 e. The van der Waals surface area contributed by atoms with Gasteiger partial charge in [-0.1, -0.05) is 18.2 Å². The van der Waals surface area contributed by atoms with Crippen LogP contribution in [0.2, 0.25) is 0 Å². The van der Waals surface area contributed by atoms with Crippen LogP contribution in [0.3, 0.4) is 0 Å². The molecule has 0 saturated carbocycles. The van der Waals surface area contributed by atoms with Gasteiger partial charge in [-0.05, 0) is 64.5 Å². The van der Waals surface area contributed by atoms with E-state index in [-0.39, 0.29) is 12.2 Å². The molecule has 1 aromatic heterocycles. The molecule has 31 heavy (non-hydrogen) atoms. The first-order valence-electron chi connectivity index (χ1n) is 10.1. The summed E-state index contributed by atoms with van der Waals surface area (Å²) < 4.78 is 12.0. The highest BCUT2D eigenvalue weighted by molar-refractivity contribution is 7.22. The molecule has 3 aromatic carbocycles. The topological polar surface area (TPSA) is 47.9 Å². The molecular weight excluding hydrogens is 406 g/mol. The van der Waals surface area contributed by atoms with Crippen LogP contribution in [0.4, 0.5) is 0 Å². The van der Waals surface area contributed by atoms with Gasteiger partial charge in [-0.2, -0.15) is 0 Å². The molecule has 1 aliphatic rings. The van der Waals surface area contributed by atoms with E-state index in [0.29, 0.717) is 23.6 Å². The number of carbonyl (C=O) groups excluding carboxylic acids is 1. The monoisotopic (exact) mass is 427 g/mol. The average Bonchev–Trinajstić information content (AvgIpc) is 3.45. The van der Waals surface area contributed by atoms with Gasteiger partial charge < -0.3 is 9.47 Å². The van der Waals surface area contributed by atoms with E-state index >= 15 is 0 Å². The Morgan fingerprint density at radius 1 is 1.03 bits per heavy atom. The van der Waals surface area contributed by atoms with Gasteiger partial charge in [-0.25, -0.2) is 0 Å². The molecule has 0 N–H and O–H groups in total. The Labute approximate surface area is 184 Å². The third-order valence-corrected chi connectivity index (χ3v) is 6.77. The van der Waals surface area contributed by atoms with Gasteiger partial charge in [-0.15, -0.1) is 11.3 Å². The van der Waals surface area contributed by atoms with Crippen molar-refractivity contribution in [3.63, 3.8) is 0 Å². The molecule has 0 unspecified atom stereocenters. The molecule has 5 rings (SSSR count). The van der Waals surface area contributed by atoms with Crippen LogP contribution < -0.4 is 9.47 Å². The molecule has 4 nitrogen and oxygen atoms in total. The van der Waals surface area contributed by atoms with Crippen LogP contribution in [0.1, 0.15) is 27.0 Å². The van der Waals surface area contributed by atoms with Gasteiger partial charge >= 0.3 is 0 Å². The van der Waals surface area contributed by atoms with Crippen LogP contribution in [-0.4, -0.2) is 26.2 Å². The van der Waals surface area contributed by atoms with E-state index in [4.69, 9.17) is 9.47 Å². The number of methoxy groups -OCH3 is 2. The van der Waals surface area contributed by atoms with Crippen molar-refractivity contribution in [1.82, 2.24) is 0 Å². The van der Waals surface area contributed by atoms with Crippen LogP contribution >= 0.6 is 11.3 Å². The maximum Gasteiger partial charge on any atom is 0.167 e. The third kappa shape index (κ3) is 3.62. The fraction of sp³-hybridized carbons (Fsp3) is 0.154. The van der Waals surface area contributed by atoms with E-state index in [1.165, 1.54) is 15.6 Å². The molecule has 154 valence electrons. The Hall–Kier alpha value is -3.44. The minimum Gasteiger partial charge on any atom is -0.497 e. The molecule has 2 heterocycles. The second-order valence-corrected chi connectivity index (χ2v) is 8.57. The number of rotatable bonds is 6. The molecule has 0 amide bonds. The van der Waals surface area contributed by atoms with Crippen LogP contribution in [-0.2, 0) is 13.0 Å². The minimum absolute atomic E-state index is 0.0389. The number of nitrogens with zero attached hydrogens (tertiary/aromatic N) is 1. The summed E-state index contributed by atoms with van der Waals surface area (Å²) in [6.07, 6.45) is 2.11. The van der Waals surface area contributed by atoms with Gasteiger partial charge in [0.25, 0.3) is 0 Å². The van der Waals surface area contributed by atoms with E-state index in [1.54, 1.807) is 25.6 Å². The zero-order valence-electron chi connectivity index (χ0n) is 17.3. The average molecular weight is 428 g/mol. The van der Waals surface area contributed by atoms with Crippen molar-refractivity contribution in [2.45, 2.75) is 13.0 Å². The molecule has 0 radical (unpaired) electrons. The predicted molar refractivity (Wildman–Crippen MR) is 126 cm³/mol. The Morgan fingerprint density at radius 3 is 2.71 bits per heavy atom. The highest BCUT2D eigenvalue weighted by atomic mass is 32.1. The van der Waals surface area contributed by atoms with Crippen LogP contribution in [0.25, 0.3) is 20.5 Å². The maximum absolute atomic E-state index is 13.3. The third-order valence-electron chi connectivity index (χ3n) is 5.62. The number of benzene rings is 3. The highest BCUT2D eigenvalue weighted by Crippen LogP contribution is 2.38. The van der Waals surface area contributed by atoms with Gasteiger partial charge in [-0.3, -0.25) is 9.79 Å². The Morgan fingerprint density at radius 2 is 1.90 bits per heavy atom. The summed E-state index contributed by atoms with van der Waals surface area (Å²) in [5.74, 6) is 1.43. The zero-order chi connectivity index (χ0) is 21.4. The molecule has 0 bridgehead atoms. The van der Waals surface area contributed by atoms with Crippen molar-refractivity contribution in [1.29, 1.82) is 0 Å². The van der Waals surface area contributed by atoms with Gasteiger partial charge in [0.05, 0.1) is 20.8 Å². The van der Waals surface area contributed by atoms with Crippen molar-refractivity contribution in [3.05, 3.63) is 82.9 Å². The first kappa shape index (κ1) is 19.5. The van der Waals surface area contributed by atoms with Crippen LogP contribution in [0.15, 0.2) is 65.7 Å². The second-order valence-electron chi connectivity index (χ2n) is 7.49. The molecule has 0 aliphatic carbocycles. The summed E-state index contributed by atoms with van der Waals surface area (Å²) in [4.78, 5) is 18.9. The van der Waals surface area contributed by atoms with E-state index < -0.39 is 0 Å². The molecular formula is C26H21NO3S. The summed E-state index contributed by atoms with van der Waals surface area (Å²) in [5, 5.41) is 1.22. The van der Waals surface area contributed by atoms with E-state index in [0.717, 1.165) is 21.6 Å². The summed E-state index contributed by atoms with van der Waals surface area (Å²) in [5.41, 5.74) is 4.80. The Balaban J connectivity index is 1.55. The molecule has 0 saturated heterocycles. The van der Waals surface area contributed by atoms with Crippen molar-refractivity contribution in [3.8, 4) is 21.9 Å². The van der Waals surface area contributed by atoms with Gasteiger partial charge in [0.2, 0.25) is 0 Å². The molecule has 0 atom stereocenters. The Bertz CT molecular complexity index is 1300. The number of hydrogen-bond donors (Lipinski definition) is 0. The van der Waals surface area contributed by atoms with Crippen LogP contribution in [0, 0.1) is 0 Å². The quantitative estimate of drug-likeness (QED) is 0.358. The molecule has 1 aliphatic heterocycles. The van der Waals surface area contributed by atoms with Crippen molar-refractivity contribution in [2.24, 2.45) is 4.99 Å². The maximum atomic E-state index is 13.3. The summed E-state index contributed by atoms with van der Waals surface area (Å²) in [7, 11) is 3.23. The lowest BCUT2D eigenvalue weighted by Gasteiger charge is -2.12. The van der Waals surface area contributed by atoms with Crippen molar-refractivity contribution >= 4 is 33.4 Å². The number of fused-ring (bicyclic) bond motifs is 2. The normalized spacial score (nSPS) is 12.2. The molecule has 5 heteroatoms. The standard InChI is InChI=1S/C26H21NO3S/c1-29-20-7-8-24(30-2)18(10-20)12-23(28)17-9-19-14-27-15-22(19)21(11-17)26-13-16-5-3-4-6-25(16)31-26/h3-11,13-14H,12,15H2,1-2H3. The van der Waals surface area contributed by atoms with E-state index in [1.807, 2.05) is 42.6 Å². The van der Waals surface area contributed by atoms with Crippen molar-refractivity contribution in [2.75, 3.05) is 14.2 Å². The van der Waals surface area contributed by atoms with E-state index in [9.17, 15) is 4.79 Å². The predicted octanol–water partition coefficient (Wildman–Crippen LogP) is 5.94. The summed E-state index contributed by atoms with van der Waals surface area (Å²) >= 11 is 1.75. The number of aliphatic imine (C=N–C) groups is 1. The summed E-state index contributed by atoms with van der Waals surface area (Å²) in [6.45, 7) is 0.650. The van der Waals surface area contributed by atoms with E-state index in [2.05, 4.69) is 29.3 Å². The first-order chi connectivity index (χ1) is 15.2. The number of ether oxygens (including phenoxy) is 2.